The third-order valence-electron chi connectivity index (χ3n) is 4.82. The lowest BCUT2D eigenvalue weighted by molar-refractivity contribution is 0.0731. The van der Waals surface area contributed by atoms with Gasteiger partial charge in [0, 0.05) is 11.6 Å². The number of likely N-dealkylation sites (tertiary alicyclic amines) is 1. The minimum atomic E-state index is -0.171. The van der Waals surface area contributed by atoms with Gasteiger partial charge in [-0.3, -0.25) is 4.90 Å². The molecule has 1 aromatic rings. The molecular weight excluding hydrogens is 251 g/mol. The maximum absolute atomic E-state index is 13.2. The summed E-state index contributed by atoms with van der Waals surface area (Å²) in [6.07, 6.45) is 4.67. The standard InChI is InChI=1S/C17H27FN2/c1-13-11-15(18)8-7-14(13)12-16(19)17(2,3)20-9-5-4-6-10-20/h7-8,11,16H,4-6,9-10,12,19H2,1-3H3. The van der Waals surface area contributed by atoms with Gasteiger partial charge in [-0.25, -0.2) is 4.39 Å². The lowest BCUT2D eigenvalue weighted by Gasteiger charge is -2.45. The first-order valence-electron chi connectivity index (χ1n) is 7.67. The Morgan fingerprint density at radius 3 is 2.50 bits per heavy atom. The molecule has 1 atom stereocenters. The van der Waals surface area contributed by atoms with Crippen molar-refractivity contribution in [2.24, 2.45) is 5.73 Å². The van der Waals surface area contributed by atoms with Crippen molar-refractivity contribution in [2.75, 3.05) is 13.1 Å². The second-order valence-electron chi connectivity index (χ2n) is 6.58. The number of halogens is 1. The molecule has 0 radical (unpaired) electrons. The third-order valence-corrected chi connectivity index (χ3v) is 4.82. The van der Waals surface area contributed by atoms with Gasteiger partial charge in [-0.2, -0.15) is 0 Å². The summed E-state index contributed by atoms with van der Waals surface area (Å²) in [5.41, 5.74) is 8.62. The predicted molar refractivity (Wildman–Crippen MR) is 82.3 cm³/mol. The molecule has 1 aromatic carbocycles. The van der Waals surface area contributed by atoms with E-state index in [1.54, 1.807) is 6.07 Å². The summed E-state index contributed by atoms with van der Waals surface area (Å²) < 4.78 is 13.2. The molecule has 1 unspecified atom stereocenters. The number of nitrogens with two attached hydrogens (primary N) is 1. The molecule has 0 aromatic heterocycles. The summed E-state index contributed by atoms with van der Waals surface area (Å²) in [4.78, 5) is 2.51. The molecule has 0 spiro atoms. The molecule has 1 fully saturated rings. The molecule has 3 heteroatoms. The second kappa shape index (κ2) is 6.23. The minimum absolute atomic E-state index is 0.0127. The van der Waals surface area contributed by atoms with E-state index in [0.29, 0.717) is 0 Å². The van der Waals surface area contributed by atoms with Crippen LogP contribution < -0.4 is 5.73 Å². The summed E-state index contributed by atoms with van der Waals surface area (Å²) in [5.74, 6) is -0.171. The summed E-state index contributed by atoms with van der Waals surface area (Å²) in [6, 6.07) is 5.06. The lowest BCUT2D eigenvalue weighted by atomic mass is 9.86. The lowest BCUT2D eigenvalue weighted by Crippen LogP contribution is -2.58. The Balaban J connectivity index is 2.07. The smallest absolute Gasteiger partial charge is 0.123 e. The number of hydrogen-bond acceptors (Lipinski definition) is 2. The van der Waals surface area contributed by atoms with Crippen LogP contribution in [0.1, 0.15) is 44.2 Å². The zero-order valence-corrected chi connectivity index (χ0v) is 13.0. The highest BCUT2D eigenvalue weighted by Crippen LogP contribution is 2.25. The monoisotopic (exact) mass is 278 g/mol. The number of rotatable bonds is 4. The van der Waals surface area contributed by atoms with Crippen LogP contribution in [0.25, 0.3) is 0 Å². The molecule has 0 aliphatic carbocycles. The van der Waals surface area contributed by atoms with Crippen LogP contribution in [0.5, 0.6) is 0 Å². The largest absolute Gasteiger partial charge is 0.326 e. The molecule has 1 saturated heterocycles. The highest BCUT2D eigenvalue weighted by atomic mass is 19.1. The Morgan fingerprint density at radius 2 is 1.90 bits per heavy atom. The van der Waals surface area contributed by atoms with Gasteiger partial charge in [-0.05, 0) is 76.4 Å². The Hall–Kier alpha value is -0.930. The van der Waals surface area contributed by atoms with Gasteiger partial charge in [0.2, 0.25) is 0 Å². The molecule has 1 heterocycles. The van der Waals surface area contributed by atoms with Crippen LogP contribution in [0.4, 0.5) is 4.39 Å². The van der Waals surface area contributed by atoms with E-state index < -0.39 is 0 Å². The van der Waals surface area contributed by atoms with Gasteiger partial charge in [-0.1, -0.05) is 12.5 Å². The molecule has 1 aliphatic rings. The van der Waals surface area contributed by atoms with E-state index in [0.717, 1.165) is 30.6 Å². The predicted octanol–water partition coefficient (Wildman–Crippen LogP) is 3.27. The van der Waals surface area contributed by atoms with E-state index in [1.165, 1.54) is 25.3 Å². The topological polar surface area (TPSA) is 29.3 Å². The maximum atomic E-state index is 13.2. The van der Waals surface area contributed by atoms with Crippen LogP contribution in [-0.4, -0.2) is 29.6 Å². The van der Waals surface area contributed by atoms with Gasteiger partial charge >= 0.3 is 0 Å². The van der Waals surface area contributed by atoms with Crippen molar-refractivity contribution < 1.29 is 4.39 Å². The van der Waals surface area contributed by atoms with Crippen molar-refractivity contribution in [1.82, 2.24) is 4.90 Å². The van der Waals surface area contributed by atoms with Crippen molar-refractivity contribution in [2.45, 2.75) is 58.0 Å². The number of aryl methyl sites for hydroxylation is 1. The van der Waals surface area contributed by atoms with Crippen LogP contribution in [-0.2, 0) is 6.42 Å². The summed E-state index contributed by atoms with van der Waals surface area (Å²) in [6.45, 7) is 8.72. The number of benzene rings is 1. The first kappa shape index (κ1) is 15.5. The minimum Gasteiger partial charge on any atom is -0.326 e. The highest BCUT2D eigenvalue weighted by Gasteiger charge is 2.33. The summed E-state index contributed by atoms with van der Waals surface area (Å²) in [7, 11) is 0. The van der Waals surface area contributed by atoms with Crippen molar-refractivity contribution in [3.05, 3.63) is 35.1 Å². The maximum Gasteiger partial charge on any atom is 0.123 e. The van der Waals surface area contributed by atoms with E-state index in [1.807, 2.05) is 13.0 Å². The van der Waals surface area contributed by atoms with E-state index in [9.17, 15) is 4.39 Å². The second-order valence-corrected chi connectivity index (χ2v) is 6.58. The van der Waals surface area contributed by atoms with Crippen molar-refractivity contribution >= 4 is 0 Å². The molecule has 20 heavy (non-hydrogen) atoms. The molecule has 0 bridgehead atoms. The fourth-order valence-corrected chi connectivity index (χ4v) is 3.08. The summed E-state index contributed by atoms with van der Waals surface area (Å²) in [5, 5.41) is 0. The number of piperidine rings is 1. The van der Waals surface area contributed by atoms with E-state index in [4.69, 9.17) is 5.73 Å². The molecular formula is C17H27FN2. The van der Waals surface area contributed by atoms with Crippen molar-refractivity contribution in [3.8, 4) is 0 Å². The van der Waals surface area contributed by atoms with E-state index in [2.05, 4.69) is 18.7 Å². The normalized spacial score (nSPS) is 19.1. The van der Waals surface area contributed by atoms with Crippen LogP contribution >= 0.6 is 0 Å². The van der Waals surface area contributed by atoms with E-state index >= 15 is 0 Å². The van der Waals surface area contributed by atoms with Gasteiger partial charge < -0.3 is 5.73 Å². The Kier molecular flexibility index (Phi) is 4.82. The van der Waals surface area contributed by atoms with Crippen molar-refractivity contribution in [1.29, 1.82) is 0 Å². The first-order valence-corrected chi connectivity index (χ1v) is 7.67. The zero-order chi connectivity index (χ0) is 14.8. The van der Waals surface area contributed by atoms with Gasteiger partial charge in [-0.15, -0.1) is 0 Å². The van der Waals surface area contributed by atoms with Crippen LogP contribution in [0, 0.1) is 12.7 Å². The van der Waals surface area contributed by atoms with Gasteiger partial charge in [0.15, 0.2) is 0 Å². The molecule has 1 aliphatic heterocycles. The third kappa shape index (κ3) is 3.39. The molecule has 2 rings (SSSR count). The van der Waals surface area contributed by atoms with Crippen LogP contribution in [0.15, 0.2) is 18.2 Å². The van der Waals surface area contributed by atoms with Gasteiger partial charge in [0.25, 0.3) is 0 Å². The SMILES string of the molecule is Cc1cc(F)ccc1CC(N)C(C)(C)N1CCCCC1. The Bertz CT molecular complexity index is 450. The molecule has 2 N–H and O–H groups in total. The van der Waals surface area contributed by atoms with Gasteiger partial charge in [0.05, 0.1) is 0 Å². The Labute approximate surface area is 122 Å². The molecule has 0 saturated carbocycles. The van der Waals surface area contributed by atoms with Gasteiger partial charge in [0.1, 0.15) is 5.82 Å². The quantitative estimate of drug-likeness (QED) is 0.916. The average Bonchev–Trinajstić information content (AvgIpc) is 2.42. The van der Waals surface area contributed by atoms with Crippen molar-refractivity contribution in [3.63, 3.8) is 0 Å². The van der Waals surface area contributed by atoms with Crippen LogP contribution in [0.3, 0.4) is 0 Å². The molecule has 112 valence electrons. The highest BCUT2D eigenvalue weighted by molar-refractivity contribution is 5.28. The zero-order valence-electron chi connectivity index (χ0n) is 13.0. The summed E-state index contributed by atoms with van der Waals surface area (Å²) >= 11 is 0. The Morgan fingerprint density at radius 1 is 1.25 bits per heavy atom. The van der Waals surface area contributed by atoms with Crippen LogP contribution in [0.2, 0.25) is 0 Å². The van der Waals surface area contributed by atoms with E-state index in [-0.39, 0.29) is 17.4 Å². The molecule has 2 nitrogen and oxygen atoms in total. The first-order chi connectivity index (χ1) is 9.41. The number of nitrogens with zero attached hydrogens (tertiary/aromatic N) is 1. The fraction of sp³-hybridized carbons (Fsp3) is 0.647. The average molecular weight is 278 g/mol. The fourth-order valence-electron chi connectivity index (χ4n) is 3.08. The number of hydrogen-bond donors (Lipinski definition) is 1. The molecule has 0 amide bonds.